The Morgan fingerprint density at radius 1 is 1.22 bits per heavy atom. The molecule has 2 aliphatic rings. The van der Waals surface area contributed by atoms with E-state index in [0.29, 0.717) is 12.3 Å². The van der Waals surface area contributed by atoms with Gasteiger partial charge in [0.05, 0.1) is 0 Å². The zero-order valence-corrected chi connectivity index (χ0v) is 16.1. The van der Waals surface area contributed by atoms with Crippen LogP contribution in [-0.4, -0.2) is 26.7 Å². The molecule has 1 aliphatic carbocycles. The number of hydrogen-bond donors (Lipinski definition) is 2. The summed E-state index contributed by atoms with van der Waals surface area (Å²) in [6.45, 7) is 2.98. The molecule has 6 nitrogen and oxygen atoms in total. The van der Waals surface area contributed by atoms with Crippen molar-refractivity contribution in [1.29, 1.82) is 0 Å². The molecule has 4 rings (SSSR count). The molecule has 0 spiro atoms. The van der Waals surface area contributed by atoms with Gasteiger partial charge < -0.3 is 15.6 Å². The number of nitrogens with two attached hydrogens (primary N) is 1. The van der Waals surface area contributed by atoms with Gasteiger partial charge in [-0.05, 0) is 50.2 Å². The van der Waals surface area contributed by atoms with Gasteiger partial charge in [0.25, 0.3) is 0 Å². The second-order valence-corrected chi connectivity index (χ2v) is 8.04. The van der Waals surface area contributed by atoms with E-state index in [9.17, 15) is 4.79 Å². The first-order valence-electron chi connectivity index (χ1n) is 10.2. The molecule has 1 aliphatic heterocycles. The van der Waals surface area contributed by atoms with Crippen LogP contribution in [0.3, 0.4) is 0 Å². The first-order chi connectivity index (χ1) is 13.1. The van der Waals surface area contributed by atoms with Crippen LogP contribution in [0, 0.1) is 12.8 Å². The van der Waals surface area contributed by atoms with Gasteiger partial charge in [-0.25, -0.2) is 0 Å². The Morgan fingerprint density at radius 3 is 2.93 bits per heavy atom. The molecule has 0 unspecified atom stereocenters. The Bertz CT molecular complexity index is 828. The van der Waals surface area contributed by atoms with Gasteiger partial charge in [0, 0.05) is 36.7 Å². The van der Waals surface area contributed by atoms with E-state index in [4.69, 9.17) is 5.73 Å². The largest absolute Gasteiger partial charge is 0.327 e. The van der Waals surface area contributed by atoms with E-state index in [2.05, 4.69) is 26.1 Å². The maximum absolute atomic E-state index is 12.5. The molecule has 1 aromatic carbocycles. The summed E-state index contributed by atoms with van der Waals surface area (Å²) in [6, 6.07) is 6.31. The van der Waals surface area contributed by atoms with Crippen LogP contribution in [-0.2, 0) is 17.8 Å². The van der Waals surface area contributed by atoms with Crippen LogP contribution < -0.4 is 11.1 Å². The first kappa shape index (κ1) is 18.2. The van der Waals surface area contributed by atoms with Crippen molar-refractivity contribution in [3.8, 4) is 11.4 Å². The van der Waals surface area contributed by atoms with E-state index in [-0.39, 0.29) is 11.9 Å². The molecule has 1 saturated carbocycles. The molecular weight excluding hydrogens is 338 g/mol. The van der Waals surface area contributed by atoms with Gasteiger partial charge in [-0.15, -0.1) is 10.2 Å². The highest BCUT2D eigenvalue weighted by molar-refractivity contribution is 5.92. The highest BCUT2D eigenvalue weighted by Crippen LogP contribution is 2.29. The van der Waals surface area contributed by atoms with E-state index in [1.165, 1.54) is 12.8 Å². The second-order valence-electron chi connectivity index (χ2n) is 8.04. The summed E-state index contributed by atoms with van der Waals surface area (Å²) < 4.78 is 2.24. The summed E-state index contributed by atoms with van der Waals surface area (Å²) in [5, 5.41) is 11.9. The molecule has 2 aromatic rings. The summed E-state index contributed by atoms with van der Waals surface area (Å²) in [4.78, 5) is 12.5. The molecule has 6 heteroatoms. The van der Waals surface area contributed by atoms with Crippen molar-refractivity contribution < 1.29 is 4.79 Å². The number of carbonyl (C=O) groups is 1. The second kappa shape index (κ2) is 7.80. The average Bonchev–Trinajstić information content (AvgIpc) is 3.16. The third kappa shape index (κ3) is 3.90. The number of rotatable bonds is 4. The zero-order chi connectivity index (χ0) is 18.8. The lowest BCUT2D eigenvalue weighted by atomic mass is 9.99. The van der Waals surface area contributed by atoms with Crippen LogP contribution in [0.1, 0.15) is 56.3 Å². The number of nitrogens with one attached hydrogen (secondary N) is 1. The lowest BCUT2D eigenvalue weighted by molar-refractivity contribution is -0.117. The number of nitrogens with zero attached hydrogens (tertiary/aromatic N) is 3. The summed E-state index contributed by atoms with van der Waals surface area (Å²) in [5.41, 5.74) is 9.04. The number of carbonyl (C=O) groups excluding carboxylic acids is 1. The van der Waals surface area contributed by atoms with Crippen LogP contribution >= 0.6 is 0 Å². The summed E-state index contributed by atoms with van der Waals surface area (Å²) in [5.74, 6) is 2.34. The Hall–Kier alpha value is -2.21. The molecule has 1 fully saturated rings. The van der Waals surface area contributed by atoms with Crippen molar-refractivity contribution in [2.45, 2.75) is 70.9 Å². The first-order valence-corrected chi connectivity index (χ1v) is 10.2. The van der Waals surface area contributed by atoms with Gasteiger partial charge in [-0.2, -0.15) is 0 Å². The molecule has 0 bridgehead atoms. The average molecular weight is 367 g/mol. The summed E-state index contributed by atoms with van der Waals surface area (Å²) in [6.07, 6.45) is 8.29. The normalized spacial score (nSPS) is 22.3. The van der Waals surface area contributed by atoms with Crippen LogP contribution in [0.4, 0.5) is 5.69 Å². The number of fused-ring (bicyclic) bond motifs is 1. The molecule has 3 N–H and O–H groups in total. The maximum atomic E-state index is 12.5. The van der Waals surface area contributed by atoms with Crippen molar-refractivity contribution in [3.63, 3.8) is 0 Å². The third-order valence-electron chi connectivity index (χ3n) is 6.04. The predicted molar refractivity (Wildman–Crippen MR) is 106 cm³/mol. The molecule has 27 heavy (non-hydrogen) atoms. The molecular formula is C21H29N5O. The molecule has 0 radical (unpaired) electrons. The number of amides is 1. The van der Waals surface area contributed by atoms with Crippen molar-refractivity contribution in [1.82, 2.24) is 14.8 Å². The Kier molecular flexibility index (Phi) is 5.25. The van der Waals surface area contributed by atoms with Crippen molar-refractivity contribution in [2.24, 2.45) is 11.7 Å². The van der Waals surface area contributed by atoms with Crippen molar-refractivity contribution in [3.05, 3.63) is 29.6 Å². The topological polar surface area (TPSA) is 85.8 Å². The smallest absolute Gasteiger partial charge is 0.224 e. The van der Waals surface area contributed by atoms with E-state index >= 15 is 0 Å². The number of hydrogen-bond acceptors (Lipinski definition) is 4. The number of benzene rings is 1. The van der Waals surface area contributed by atoms with E-state index < -0.39 is 0 Å². The monoisotopic (exact) mass is 367 g/mol. The van der Waals surface area contributed by atoms with E-state index in [1.807, 2.05) is 19.1 Å². The van der Waals surface area contributed by atoms with E-state index in [1.54, 1.807) is 0 Å². The fourth-order valence-electron chi connectivity index (χ4n) is 4.35. The molecule has 0 saturated heterocycles. The van der Waals surface area contributed by atoms with Gasteiger partial charge in [-0.1, -0.05) is 25.0 Å². The van der Waals surface area contributed by atoms with Crippen molar-refractivity contribution in [2.75, 3.05) is 5.32 Å². The summed E-state index contributed by atoms with van der Waals surface area (Å²) >= 11 is 0. The Balaban J connectivity index is 1.53. The minimum atomic E-state index is 0.0534. The fraction of sp³-hybridized carbons (Fsp3) is 0.571. The minimum Gasteiger partial charge on any atom is -0.327 e. The van der Waals surface area contributed by atoms with Crippen molar-refractivity contribution >= 4 is 11.6 Å². The maximum Gasteiger partial charge on any atom is 0.224 e. The van der Waals surface area contributed by atoms with Gasteiger partial charge in [0.2, 0.25) is 5.91 Å². The highest BCUT2D eigenvalue weighted by Gasteiger charge is 2.26. The number of aromatic nitrogens is 3. The molecule has 2 heterocycles. The number of anilines is 1. The zero-order valence-electron chi connectivity index (χ0n) is 16.1. The Morgan fingerprint density at radius 2 is 2.11 bits per heavy atom. The molecule has 144 valence electrons. The summed E-state index contributed by atoms with van der Waals surface area (Å²) in [7, 11) is 0. The predicted octanol–water partition coefficient (Wildman–Crippen LogP) is 3.44. The van der Waals surface area contributed by atoms with E-state index in [0.717, 1.165) is 67.1 Å². The van der Waals surface area contributed by atoms with Gasteiger partial charge in [0.1, 0.15) is 5.82 Å². The van der Waals surface area contributed by atoms with Gasteiger partial charge in [0.15, 0.2) is 5.82 Å². The third-order valence-corrected chi connectivity index (χ3v) is 6.04. The van der Waals surface area contributed by atoms with Crippen LogP contribution in [0.25, 0.3) is 11.4 Å². The highest BCUT2D eigenvalue weighted by atomic mass is 16.1. The van der Waals surface area contributed by atoms with Gasteiger partial charge >= 0.3 is 0 Å². The Labute approximate surface area is 160 Å². The van der Waals surface area contributed by atoms with Crippen LogP contribution in [0.15, 0.2) is 18.2 Å². The lowest BCUT2D eigenvalue weighted by Crippen LogP contribution is -2.28. The van der Waals surface area contributed by atoms with Crippen LogP contribution in [0.2, 0.25) is 0 Å². The number of aryl methyl sites for hydroxylation is 2. The fourth-order valence-corrected chi connectivity index (χ4v) is 4.35. The molecule has 1 aromatic heterocycles. The quantitative estimate of drug-likeness (QED) is 0.867. The van der Waals surface area contributed by atoms with Crippen LogP contribution in [0.5, 0.6) is 0 Å². The SMILES string of the molecule is Cc1ccc(-c2nnc3n2CCCCC3)cc1NC(=O)C[C@@H]1CCC[C@H]1N. The molecule has 1 amide bonds. The lowest BCUT2D eigenvalue weighted by Gasteiger charge is -2.16. The van der Waals surface area contributed by atoms with Gasteiger partial charge in [-0.3, -0.25) is 4.79 Å². The standard InChI is InChI=1S/C21H29N5O/c1-14-9-10-16(21-25-24-19-8-3-2-4-11-26(19)21)12-18(14)23-20(27)13-15-6-5-7-17(15)22/h9-10,12,15,17H,2-8,11,13,22H2,1H3,(H,23,27)/t15-,17+/m0/s1. The molecule has 2 atom stereocenters. The minimum absolute atomic E-state index is 0.0534.